The Morgan fingerprint density at radius 2 is 2.07 bits per heavy atom. The number of rotatable bonds is 7. The number of ether oxygens (including phenoxy) is 2. The molecule has 3 atom stereocenters. The van der Waals surface area contributed by atoms with Crippen molar-refractivity contribution in [3.8, 4) is 29.1 Å². The van der Waals surface area contributed by atoms with Gasteiger partial charge in [-0.25, -0.2) is 17.6 Å². The molecule has 2 aromatic heterocycles. The van der Waals surface area contributed by atoms with Crippen LogP contribution in [0.5, 0.6) is 11.9 Å². The fourth-order valence-corrected chi connectivity index (χ4v) is 7.97. The van der Waals surface area contributed by atoms with E-state index in [1.807, 2.05) is 11.0 Å². The van der Waals surface area contributed by atoms with Gasteiger partial charge in [0.25, 0.3) is 0 Å². The Labute approximate surface area is 264 Å². The number of thiophene rings is 1. The normalized spacial score (nSPS) is 22.8. The second-order valence-corrected chi connectivity index (χ2v) is 12.9. The first kappa shape index (κ1) is 30.2. The number of carbonyl (C=O) groups excluding carboxylic acids is 1. The van der Waals surface area contributed by atoms with E-state index in [1.54, 1.807) is 0 Å². The zero-order valence-electron chi connectivity index (χ0n) is 24.5. The number of hydrogen-bond donors (Lipinski definition) is 1. The van der Waals surface area contributed by atoms with E-state index in [-0.39, 0.29) is 74.5 Å². The number of likely N-dealkylation sites (tertiary alicyclic amines) is 1. The molecule has 0 spiro atoms. The van der Waals surface area contributed by atoms with E-state index in [1.165, 1.54) is 17.0 Å². The molecule has 7 rings (SSSR count). The van der Waals surface area contributed by atoms with Crippen LogP contribution in [-0.4, -0.2) is 76.3 Å². The average molecular weight is 653 g/mol. The quantitative estimate of drug-likeness (QED) is 0.205. The highest BCUT2D eigenvalue weighted by atomic mass is 32.1. The highest BCUT2D eigenvalue weighted by Crippen LogP contribution is 2.45. The number of aromatic nitrogens is 2. The molecule has 1 amide bonds. The van der Waals surface area contributed by atoms with Crippen molar-refractivity contribution in [3.63, 3.8) is 0 Å². The number of amides is 1. The van der Waals surface area contributed by atoms with Gasteiger partial charge < -0.3 is 20.1 Å². The van der Waals surface area contributed by atoms with E-state index in [9.17, 15) is 18.8 Å². The minimum atomic E-state index is -1.10. The second-order valence-electron chi connectivity index (χ2n) is 11.9. The molecule has 5 heterocycles. The monoisotopic (exact) mass is 652 g/mol. The highest BCUT2D eigenvalue weighted by molar-refractivity contribution is 7.23. The Morgan fingerprint density at radius 1 is 1.24 bits per heavy atom. The van der Waals surface area contributed by atoms with E-state index >= 15 is 8.78 Å². The number of carbonyl (C=O) groups is 1. The van der Waals surface area contributed by atoms with Crippen molar-refractivity contribution in [2.24, 2.45) is 0 Å². The summed E-state index contributed by atoms with van der Waals surface area (Å²) >= 11 is 0.811. The number of nitrogens with two attached hydrogens (primary N) is 1. The van der Waals surface area contributed by atoms with Gasteiger partial charge in [-0.2, -0.15) is 15.2 Å². The largest absolute Gasteiger partial charge is 0.472 e. The standard InChI is InChI=1S/C32H28F4N6O3S/c1-2-23(43)41-9-6-17(14-41)45-30-19-10-22(35)25(18-4-5-21(34)28-24(18)20(12-37)29(38)46-28)26(36)27(19)39-31(40-30)44-15-32-7-3-8-42(32)13-16(33)11-32/h2,4-5,10,16-17H,1,3,6-9,11,13-15,38H2. The van der Waals surface area contributed by atoms with E-state index in [2.05, 4.69) is 16.5 Å². The molecule has 3 saturated heterocycles. The van der Waals surface area contributed by atoms with Gasteiger partial charge in [-0.15, -0.1) is 11.3 Å². The molecule has 2 aromatic carbocycles. The lowest BCUT2D eigenvalue weighted by molar-refractivity contribution is -0.125. The smallest absolute Gasteiger partial charge is 0.320 e. The van der Waals surface area contributed by atoms with Crippen LogP contribution in [0.1, 0.15) is 31.2 Å². The number of nitriles is 1. The lowest BCUT2D eigenvalue weighted by atomic mass is 9.95. The van der Waals surface area contributed by atoms with E-state index < -0.39 is 40.8 Å². The Kier molecular flexibility index (Phi) is 7.48. The average Bonchev–Trinajstić information content (AvgIpc) is 3.80. The predicted octanol–water partition coefficient (Wildman–Crippen LogP) is 5.50. The van der Waals surface area contributed by atoms with Gasteiger partial charge >= 0.3 is 6.01 Å². The van der Waals surface area contributed by atoms with Crippen molar-refractivity contribution < 1.29 is 31.8 Å². The molecule has 14 heteroatoms. The minimum absolute atomic E-state index is 0.00970. The summed E-state index contributed by atoms with van der Waals surface area (Å²) in [5.41, 5.74) is 4.38. The highest BCUT2D eigenvalue weighted by Gasteiger charge is 2.49. The van der Waals surface area contributed by atoms with E-state index in [0.717, 1.165) is 42.9 Å². The molecule has 0 aliphatic carbocycles. The van der Waals surface area contributed by atoms with Crippen LogP contribution in [0.25, 0.3) is 32.1 Å². The molecule has 9 nitrogen and oxygen atoms in total. The first-order valence-corrected chi connectivity index (χ1v) is 15.6. The predicted molar refractivity (Wildman–Crippen MR) is 164 cm³/mol. The molecule has 238 valence electrons. The number of nitrogens with zero attached hydrogens (tertiary/aromatic N) is 5. The fraction of sp³-hybridized carbons (Fsp3) is 0.375. The molecule has 3 aliphatic heterocycles. The summed E-state index contributed by atoms with van der Waals surface area (Å²) in [6.07, 6.45) is 1.97. The van der Waals surface area contributed by atoms with Gasteiger partial charge in [-0.3, -0.25) is 9.69 Å². The van der Waals surface area contributed by atoms with Crippen LogP contribution in [0.2, 0.25) is 0 Å². The number of anilines is 1. The lowest BCUT2D eigenvalue weighted by Crippen LogP contribution is -2.43. The van der Waals surface area contributed by atoms with Gasteiger partial charge in [0, 0.05) is 31.3 Å². The van der Waals surface area contributed by atoms with Crippen LogP contribution in [-0.2, 0) is 4.79 Å². The Morgan fingerprint density at radius 3 is 2.85 bits per heavy atom. The van der Waals surface area contributed by atoms with Crippen molar-refractivity contribution in [3.05, 3.63) is 53.9 Å². The fourth-order valence-electron chi connectivity index (χ4n) is 7.02. The van der Waals surface area contributed by atoms with Crippen LogP contribution in [0.4, 0.5) is 22.6 Å². The molecule has 3 unspecified atom stereocenters. The zero-order chi connectivity index (χ0) is 32.3. The molecule has 0 bridgehead atoms. The SMILES string of the molecule is C=CC(=O)N1CCC(Oc2nc(OCC34CCCN3CC(F)C4)nc3c(F)c(-c4ccc(F)c5sc(N)c(C#N)c45)c(F)cc23)C1. The molecule has 2 N–H and O–H groups in total. The summed E-state index contributed by atoms with van der Waals surface area (Å²) in [7, 11) is 0. The first-order chi connectivity index (χ1) is 22.1. The third-order valence-electron chi connectivity index (χ3n) is 9.17. The summed E-state index contributed by atoms with van der Waals surface area (Å²) in [5.74, 6) is -3.24. The number of halogens is 4. The van der Waals surface area contributed by atoms with Gasteiger partial charge in [0.2, 0.25) is 11.8 Å². The van der Waals surface area contributed by atoms with Crippen LogP contribution in [0.15, 0.2) is 30.9 Å². The zero-order valence-corrected chi connectivity index (χ0v) is 25.3. The molecule has 4 aromatic rings. The summed E-state index contributed by atoms with van der Waals surface area (Å²) in [4.78, 5) is 24.5. The molecule has 3 fully saturated rings. The first-order valence-electron chi connectivity index (χ1n) is 14.8. The number of fused-ring (bicyclic) bond motifs is 3. The molecule has 0 radical (unpaired) electrons. The Hall–Kier alpha value is -4.48. The van der Waals surface area contributed by atoms with Crippen LogP contribution < -0.4 is 15.2 Å². The van der Waals surface area contributed by atoms with Gasteiger partial charge in [-0.1, -0.05) is 12.6 Å². The number of alkyl halides is 1. The third kappa shape index (κ3) is 4.89. The topological polar surface area (TPSA) is 118 Å². The van der Waals surface area contributed by atoms with Crippen molar-refractivity contribution in [1.82, 2.24) is 19.8 Å². The van der Waals surface area contributed by atoms with Gasteiger partial charge in [-0.05, 0) is 43.2 Å². The second kappa shape index (κ2) is 11.4. The maximum atomic E-state index is 16.6. The molecule has 46 heavy (non-hydrogen) atoms. The third-order valence-corrected chi connectivity index (χ3v) is 10.2. The van der Waals surface area contributed by atoms with Gasteiger partial charge in [0.1, 0.15) is 47.1 Å². The van der Waals surface area contributed by atoms with E-state index in [4.69, 9.17) is 15.2 Å². The number of nitrogen functional groups attached to an aromatic ring is 1. The van der Waals surface area contributed by atoms with Gasteiger partial charge in [0.05, 0.1) is 33.3 Å². The van der Waals surface area contributed by atoms with Crippen LogP contribution in [0.3, 0.4) is 0 Å². The Balaban J connectivity index is 1.35. The maximum absolute atomic E-state index is 16.6. The van der Waals surface area contributed by atoms with Gasteiger partial charge in [0.15, 0.2) is 5.82 Å². The van der Waals surface area contributed by atoms with Crippen LogP contribution in [0, 0.1) is 28.8 Å². The summed E-state index contributed by atoms with van der Waals surface area (Å²) < 4.78 is 73.9. The van der Waals surface area contributed by atoms with Crippen molar-refractivity contribution in [1.29, 1.82) is 5.26 Å². The Bertz CT molecular complexity index is 1960. The molecule has 0 saturated carbocycles. The lowest BCUT2D eigenvalue weighted by Gasteiger charge is -2.30. The minimum Gasteiger partial charge on any atom is -0.472 e. The molecular weight excluding hydrogens is 624 g/mol. The number of benzene rings is 2. The van der Waals surface area contributed by atoms with E-state index in [0.29, 0.717) is 19.5 Å². The van der Waals surface area contributed by atoms with Crippen molar-refractivity contribution in [2.75, 3.05) is 38.5 Å². The summed E-state index contributed by atoms with van der Waals surface area (Å²) in [6, 6.07) is 4.94. The van der Waals surface area contributed by atoms with Crippen molar-refractivity contribution >= 4 is 43.2 Å². The molecule has 3 aliphatic rings. The maximum Gasteiger partial charge on any atom is 0.320 e. The molecular formula is C32H28F4N6O3S. The summed E-state index contributed by atoms with van der Waals surface area (Å²) in [5, 5.41) is 9.66. The van der Waals surface area contributed by atoms with Crippen LogP contribution >= 0.6 is 11.3 Å². The summed E-state index contributed by atoms with van der Waals surface area (Å²) in [6.45, 7) is 5.20. The number of hydrogen-bond acceptors (Lipinski definition) is 9. The van der Waals surface area contributed by atoms with Crippen molar-refractivity contribution in [2.45, 2.75) is 43.5 Å².